The minimum absolute atomic E-state index is 0.277. The third kappa shape index (κ3) is 2.34. The lowest BCUT2D eigenvalue weighted by Gasteiger charge is -2.10. The van der Waals surface area contributed by atoms with Gasteiger partial charge in [-0.1, -0.05) is 19.2 Å². The first-order valence-electron chi connectivity index (χ1n) is 4.78. The Kier molecular flexibility index (Phi) is 3.69. The molecular formula is C12H16O2. The van der Waals surface area contributed by atoms with E-state index in [1.807, 2.05) is 0 Å². The van der Waals surface area contributed by atoms with Gasteiger partial charge in [-0.05, 0) is 24.0 Å². The Morgan fingerprint density at radius 3 is 2.79 bits per heavy atom. The van der Waals surface area contributed by atoms with Crippen molar-refractivity contribution in [2.45, 2.75) is 25.7 Å². The van der Waals surface area contributed by atoms with E-state index in [4.69, 9.17) is 4.74 Å². The van der Waals surface area contributed by atoms with Crippen LogP contribution in [-0.2, 0) is 9.53 Å². The monoisotopic (exact) mass is 192 g/mol. The Labute approximate surface area is 85.0 Å². The summed E-state index contributed by atoms with van der Waals surface area (Å²) in [5.74, 6) is 0.938. The molecule has 0 fully saturated rings. The first kappa shape index (κ1) is 10.8. The quantitative estimate of drug-likeness (QED) is 0.643. The van der Waals surface area contributed by atoms with Crippen molar-refractivity contribution >= 4 is 5.78 Å². The SMILES string of the molecule is C=CC1=C(C(=C)OC)CCCC(=O)C1. The number of carbonyl (C=O) groups excluding carboxylic acids is 1. The number of ether oxygens (including phenoxy) is 1. The molecule has 0 radical (unpaired) electrons. The first-order valence-corrected chi connectivity index (χ1v) is 4.78. The van der Waals surface area contributed by atoms with Gasteiger partial charge in [0.15, 0.2) is 0 Å². The van der Waals surface area contributed by atoms with Gasteiger partial charge in [-0.3, -0.25) is 4.79 Å². The normalized spacial score (nSPS) is 17.6. The molecule has 0 heterocycles. The fourth-order valence-corrected chi connectivity index (χ4v) is 1.67. The smallest absolute Gasteiger partial charge is 0.137 e. The van der Waals surface area contributed by atoms with E-state index in [9.17, 15) is 4.79 Å². The first-order chi connectivity index (χ1) is 6.69. The van der Waals surface area contributed by atoms with Crippen molar-refractivity contribution < 1.29 is 9.53 Å². The molecular weight excluding hydrogens is 176 g/mol. The average Bonchev–Trinajstić information content (AvgIpc) is 2.38. The molecule has 0 bridgehead atoms. The molecule has 0 atom stereocenters. The third-order valence-electron chi connectivity index (χ3n) is 2.49. The van der Waals surface area contributed by atoms with E-state index in [0.29, 0.717) is 18.6 Å². The van der Waals surface area contributed by atoms with Crippen LogP contribution >= 0.6 is 0 Å². The zero-order valence-electron chi connectivity index (χ0n) is 8.64. The molecule has 0 unspecified atom stereocenters. The van der Waals surface area contributed by atoms with Crippen LogP contribution in [-0.4, -0.2) is 12.9 Å². The van der Waals surface area contributed by atoms with E-state index >= 15 is 0 Å². The maximum absolute atomic E-state index is 11.4. The zero-order chi connectivity index (χ0) is 10.6. The minimum Gasteiger partial charge on any atom is -0.497 e. The van der Waals surface area contributed by atoms with Crippen molar-refractivity contribution in [3.05, 3.63) is 36.1 Å². The summed E-state index contributed by atoms with van der Waals surface area (Å²) >= 11 is 0. The van der Waals surface area contributed by atoms with Crippen LogP contribution in [0.4, 0.5) is 0 Å². The number of methoxy groups -OCH3 is 1. The van der Waals surface area contributed by atoms with E-state index in [-0.39, 0.29) is 5.78 Å². The number of carbonyl (C=O) groups is 1. The predicted octanol–water partition coefficient (Wildman–Crippen LogP) is 2.77. The molecule has 0 amide bonds. The number of hydrogen-bond acceptors (Lipinski definition) is 2. The van der Waals surface area contributed by atoms with Gasteiger partial charge >= 0.3 is 0 Å². The van der Waals surface area contributed by atoms with E-state index in [1.165, 1.54) is 0 Å². The van der Waals surface area contributed by atoms with Gasteiger partial charge in [0.25, 0.3) is 0 Å². The van der Waals surface area contributed by atoms with Gasteiger partial charge in [-0.2, -0.15) is 0 Å². The van der Waals surface area contributed by atoms with Crippen LogP contribution in [0.5, 0.6) is 0 Å². The van der Waals surface area contributed by atoms with Crippen molar-refractivity contribution in [1.29, 1.82) is 0 Å². The summed E-state index contributed by atoms with van der Waals surface area (Å²) in [7, 11) is 1.60. The molecule has 0 aromatic carbocycles. The van der Waals surface area contributed by atoms with Crippen molar-refractivity contribution in [1.82, 2.24) is 0 Å². The van der Waals surface area contributed by atoms with Gasteiger partial charge in [0.1, 0.15) is 11.5 Å². The van der Waals surface area contributed by atoms with Gasteiger partial charge < -0.3 is 4.74 Å². The molecule has 0 aromatic rings. The number of hydrogen-bond donors (Lipinski definition) is 0. The van der Waals surface area contributed by atoms with E-state index in [2.05, 4.69) is 13.2 Å². The predicted molar refractivity (Wildman–Crippen MR) is 56.8 cm³/mol. The van der Waals surface area contributed by atoms with Gasteiger partial charge in [-0.25, -0.2) is 0 Å². The number of ketones is 1. The second kappa shape index (κ2) is 4.80. The average molecular weight is 192 g/mol. The van der Waals surface area contributed by atoms with Crippen LogP contribution in [0.25, 0.3) is 0 Å². The van der Waals surface area contributed by atoms with Crippen LogP contribution in [0.1, 0.15) is 25.7 Å². The Hall–Kier alpha value is -1.31. The second-order valence-electron chi connectivity index (χ2n) is 3.40. The summed E-state index contributed by atoms with van der Waals surface area (Å²) in [5.41, 5.74) is 2.02. The molecule has 2 heteroatoms. The molecule has 14 heavy (non-hydrogen) atoms. The Bertz CT molecular complexity index is 297. The number of rotatable bonds is 3. The molecule has 0 saturated heterocycles. The molecule has 0 N–H and O–H groups in total. The van der Waals surface area contributed by atoms with Crippen LogP contribution in [0.15, 0.2) is 36.1 Å². The highest BCUT2D eigenvalue weighted by Gasteiger charge is 2.16. The van der Waals surface area contributed by atoms with E-state index in [1.54, 1.807) is 13.2 Å². The van der Waals surface area contributed by atoms with E-state index in [0.717, 1.165) is 24.0 Å². The lowest BCUT2D eigenvalue weighted by atomic mass is 10.0. The Morgan fingerprint density at radius 1 is 1.50 bits per heavy atom. The largest absolute Gasteiger partial charge is 0.497 e. The summed E-state index contributed by atoms with van der Waals surface area (Å²) in [6.07, 6.45) is 4.61. The van der Waals surface area contributed by atoms with Gasteiger partial charge in [-0.15, -0.1) is 0 Å². The maximum atomic E-state index is 11.4. The Balaban J connectivity index is 2.98. The summed E-state index contributed by atoms with van der Waals surface area (Å²) in [6, 6.07) is 0. The molecule has 76 valence electrons. The number of Topliss-reactive ketones (excluding diaryl/α,β-unsaturated/α-hetero) is 1. The summed E-state index contributed by atoms with van der Waals surface area (Å²) < 4.78 is 5.10. The Morgan fingerprint density at radius 2 is 2.21 bits per heavy atom. The van der Waals surface area contributed by atoms with Gasteiger partial charge in [0, 0.05) is 12.8 Å². The topological polar surface area (TPSA) is 26.3 Å². The number of allylic oxidation sites excluding steroid dienone is 3. The molecule has 0 aromatic heterocycles. The summed E-state index contributed by atoms with van der Waals surface area (Å²) in [4.78, 5) is 11.4. The molecule has 0 saturated carbocycles. The third-order valence-corrected chi connectivity index (χ3v) is 2.49. The summed E-state index contributed by atoms with van der Waals surface area (Å²) in [6.45, 7) is 7.54. The van der Waals surface area contributed by atoms with E-state index < -0.39 is 0 Å². The van der Waals surface area contributed by atoms with Crippen LogP contribution in [0, 0.1) is 0 Å². The second-order valence-corrected chi connectivity index (χ2v) is 3.40. The lowest BCUT2D eigenvalue weighted by molar-refractivity contribution is -0.118. The fraction of sp³-hybridized carbons (Fsp3) is 0.417. The van der Waals surface area contributed by atoms with Crippen molar-refractivity contribution in [2.75, 3.05) is 7.11 Å². The fourth-order valence-electron chi connectivity index (χ4n) is 1.67. The highest BCUT2D eigenvalue weighted by molar-refractivity contribution is 5.82. The maximum Gasteiger partial charge on any atom is 0.137 e. The molecule has 0 spiro atoms. The molecule has 0 aliphatic heterocycles. The molecule has 1 rings (SSSR count). The molecule has 1 aliphatic carbocycles. The highest BCUT2D eigenvalue weighted by atomic mass is 16.5. The molecule has 2 nitrogen and oxygen atoms in total. The van der Waals surface area contributed by atoms with Crippen molar-refractivity contribution in [3.63, 3.8) is 0 Å². The standard InChI is InChI=1S/C12H16O2/c1-4-10-8-11(13)6-5-7-12(10)9(2)14-3/h4H,1-2,5-8H2,3H3. The van der Waals surface area contributed by atoms with Crippen LogP contribution < -0.4 is 0 Å². The highest BCUT2D eigenvalue weighted by Crippen LogP contribution is 2.27. The van der Waals surface area contributed by atoms with Crippen LogP contribution in [0.3, 0.4) is 0 Å². The lowest BCUT2D eigenvalue weighted by Crippen LogP contribution is -1.97. The van der Waals surface area contributed by atoms with Crippen molar-refractivity contribution in [2.24, 2.45) is 0 Å². The van der Waals surface area contributed by atoms with Crippen LogP contribution in [0.2, 0.25) is 0 Å². The summed E-state index contributed by atoms with van der Waals surface area (Å²) in [5, 5.41) is 0. The van der Waals surface area contributed by atoms with Crippen molar-refractivity contribution in [3.8, 4) is 0 Å². The van der Waals surface area contributed by atoms with Gasteiger partial charge in [0.2, 0.25) is 0 Å². The minimum atomic E-state index is 0.277. The zero-order valence-corrected chi connectivity index (χ0v) is 8.64. The van der Waals surface area contributed by atoms with Gasteiger partial charge in [0.05, 0.1) is 7.11 Å². The molecule has 1 aliphatic rings.